The molecule has 0 aromatic carbocycles. The first-order valence-corrected chi connectivity index (χ1v) is 4.18. The molecule has 1 aliphatic rings. The van der Waals surface area contributed by atoms with Crippen LogP contribution in [0.3, 0.4) is 0 Å². The molecule has 0 unspecified atom stereocenters. The highest BCUT2D eigenvalue weighted by molar-refractivity contribution is 9.11. The van der Waals surface area contributed by atoms with E-state index in [1.54, 1.807) is 0 Å². The highest BCUT2D eigenvalue weighted by Gasteiger charge is 1.91. The Morgan fingerprint density at radius 1 is 1.11 bits per heavy atom. The molecule has 0 saturated heterocycles. The molecule has 0 N–H and O–H groups in total. The molecule has 0 amide bonds. The standard InChI is InChI=1S/C8H11Br/c9-8-6-4-2-1-3-5-7-8/h1-2,7H,3-6H2/b2-1+,8-7?. The largest absolute Gasteiger partial charge is 0.0882 e. The maximum Gasteiger partial charge on any atom is -0.00860 e. The van der Waals surface area contributed by atoms with Gasteiger partial charge >= 0.3 is 0 Å². The minimum absolute atomic E-state index is 1.18. The lowest BCUT2D eigenvalue weighted by molar-refractivity contribution is 0.954. The van der Waals surface area contributed by atoms with Crippen LogP contribution in [0, 0.1) is 0 Å². The van der Waals surface area contributed by atoms with Crippen molar-refractivity contribution in [2.45, 2.75) is 25.7 Å². The molecule has 1 aliphatic carbocycles. The summed E-state index contributed by atoms with van der Waals surface area (Å²) in [5.74, 6) is 0. The Balaban J connectivity index is 2.41. The Labute approximate surface area is 64.8 Å². The first-order chi connectivity index (χ1) is 4.39. The number of rotatable bonds is 0. The lowest BCUT2D eigenvalue weighted by Crippen LogP contribution is -1.77. The first kappa shape index (κ1) is 7.07. The van der Waals surface area contributed by atoms with E-state index in [4.69, 9.17) is 0 Å². The molecule has 0 nitrogen and oxygen atoms in total. The summed E-state index contributed by atoms with van der Waals surface area (Å²) in [6, 6.07) is 0. The van der Waals surface area contributed by atoms with Crippen molar-refractivity contribution < 1.29 is 0 Å². The third kappa shape index (κ3) is 2.85. The summed E-state index contributed by atoms with van der Waals surface area (Å²) >= 11 is 3.50. The third-order valence-corrected chi connectivity index (χ3v) is 2.14. The summed E-state index contributed by atoms with van der Waals surface area (Å²) < 4.78 is 1.37. The van der Waals surface area contributed by atoms with Crippen LogP contribution >= 0.6 is 15.9 Å². The Bertz CT molecular complexity index is 134. The van der Waals surface area contributed by atoms with Gasteiger partial charge in [-0.05, 0) is 30.2 Å². The van der Waals surface area contributed by atoms with Crippen LogP contribution < -0.4 is 0 Å². The molecule has 0 atom stereocenters. The van der Waals surface area contributed by atoms with Crippen molar-refractivity contribution >= 4 is 15.9 Å². The van der Waals surface area contributed by atoms with Crippen molar-refractivity contribution in [2.75, 3.05) is 0 Å². The maximum absolute atomic E-state index is 3.50. The van der Waals surface area contributed by atoms with Crippen LogP contribution in [0.1, 0.15) is 25.7 Å². The second kappa shape index (κ2) is 3.89. The molecule has 0 spiro atoms. The molecule has 0 aromatic heterocycles. The van der Waals surface area contributed by atoms with Crippen molar-refractivity contribution in [3.8, 4) is 0 Å². The van der Waals surface area contributed by atoms with E-state index < -0.39 is 0 Å². The average molecular weight is 187 g/mol. The second-order valence-corrected chi connectivity index (χ2v) is 3.26. The molecule has 0 heterocycles. The van der Waals surface area contributed by atoms with Gasteiger partial charge in [0, 0.05) is 0 Å². The summed E-state index contributed by atoms with van der Waals surface area (Å²) in [7, 11) is 0. The van der Waals surface area contributed by atoms with Gasteiger partial charge in [-0.2, -0.15) is 0 Å². The van der Waals surface area contributed by atoms with Crippen LogP contribution in [0.2, 0.25) is 0 Å². The number of hydrogen-bond donors (Lipinski definition) is 0. The smallest absolute Gasteiger partial charge is 0.00860 e. The predicted molar refractivity (Wildman–Crippen MR) is 44.6 cm³/mol. The van der Waals surface area contributed by atoms with Gasteiger partial charge < -0.3 is 0 Å². The van der Waals surface area contributed by atoms with Crippen molar-refractivity contribution in [1.82, 2.24) is 0 Å². The van der Waals surface area contributed by atoms with Gasteiger partial charge in [0.05, 0.1) is 0 Å². The van der Waals surface area contributed by atoms with Crippen LogP contribution in [-0.4, -0.2) is 0 Å². The molecule has 0 fully saturated rings. The van der Waals surface area contributed by atoms with E-state index >= 15 is 0 Å². The fraction of sp³-hybridized carbons (Fsp3) is 0.500. The summed E-state index contributed by atoms with van der Waals surface area (Å²) in [4.78, 5) is 0. The van der Waals surface area contributed by atoms with Gasteiger partial charge in [-0.3, -0.25) is 0 Å². The Morgan fingerprint density at radius 2 is 1.89 bits per heavy atom. The van der Waals surface area contributed by atoms with Crippen LogP contribution in [0.25, 0.3) is 0 Å². The molecule has 1 rings (SSSR count). The average Bonchev–Trinajstić information content (AvgIpc) is 1.79. The fourth-order valence-electron chi connectivity index (χ4n) is 0.895. The zero-order chi connectivity index (χ0) is 6.53. The highest BCUT2D eigenvalue weighted by atomic mass is 79.9. The number of hydrogen-bond acceptors (Lipinski definition) is 0. The van der Waals surface area contributed by atoms with Gasteiger partial charge in [-0.1, -0.05) is 34.2 Å². The molecule has 0 bridgehead atoms. The minimum atomic E-state index is 1.18. The molecule has 1 heteroatoms. The first-order valence-electron chi connectivity index (χ1n) is 3.39. The molecule has 0 radical (unpaired) electrons. The molecular weight excluding hydrogens is 176 g/mol. The Hall–Kier alpha value is -0.0400. The van der Waals surface area contributed by atoms with Crippen molar-refractivity contribution in [2.24, 2.45) is 0 Å². The molecule has 0 saturated carbocycles. The second-order valence-electron chi connectivity index (χ2n) is 2.24. The molecular formula is C8H11Br. The van der Waals surface area contributed by atoms with Crippen molar-refractivity contribution in [3.63, 3.8) is 0 Å². The molecule has 50 valence electrons. The highest BCUT2D eigenvalue weighted by Crippen LogP contribution is 2.16. The lowest BCUT2D eigenvalue weighted by Gasteiger charge is -1.98. The quantitative estimate of drug-likeness (QED) is 0.510. The number of halogens is 1. The normalized spacial score (nSPS) is 23.9. The monoisotopic (exact) mass is 186 g/mol. The SMILES string of the molecule is BrC1=CCC/C=C/CC1. The summed E-state index contributed by atoms with van der Waals surface area (Å²) in [6.07, 6.45) is 11.5. The van der Waals surface area contributed by atoms with E-state index in [0.717, 1.165) is 0 Å². The van der Waals surface area contributed by atoms with Gasteiger partial charge in [0.1, 0.15) is 0 Å². The van der Waals surface area contributed by atoms with E-state index in [-0.39, 0.29) is 0 Å². The maximum atomic E-state index is 3.50. The Morgan fingerprint density at radius 3 is 2.78 bits per heavy atom. The van der Waals surface area contributed by atoms with Crippen LogP contribution in [0.5, 0.6) is 0 Å². The molecule has 9 heavy (non-hydrogen) atoms. The summed E-state index contributed by atoms with van der Waals surface area (Å²) in [5.41, 5.74) is 0. The van der Waals surface area contributed by atoms with E-state index in [1.165, 1.54) is 30.2 Å². The minimum Gasteiger partial charge on any atom is -0.0882 e. The van der Waals surface area contributed by atoms with Crippen LogP contribution in [0.15, 0.2) is 22.7 Å². The molecule has 0 aliphatic heterocycles. The topological polar surface area (TPSA) is 0 Å². The fourth-order valence-corrected chi connectivity index (χ4v) is 1.35. The summed E-state index contributed by atoms with van der Waals surface area (Å²) in [5, 5.41) is 0. The van der Waals surface area contributed by atoms with Gasteiger partial charge in [-0.25, -0.2) is 0 Å². The van der Waals surface area contributed by atoms with Crippen LogP contribution in [0.4, 0.5) is 0 Å². The van der Waals surface area contributed by atoms with Gasteiger partial charge in [0.15, 0.2) is 0 Å². The van der Waals surface area contributed by atoms with Crippen molar-refractivity contribution in [1.29, 1.82) is 0 Å². The van der Waals surface area contributed by atoms with Gasteiger partial charge in [0.2, 0.25) is 0 Å². The van der Waals surface area contributed by atoms with E-state index in [0.29, 0.717) is 0 Å². The van der Waals surface area contributed by atoms with Crippen molar-refractivity contribution in [3.05, 3.63) is 22.7 Å². The van der Waals surface area contributed by atoms with E-state index in [1.807, 2.05) is 0 Å². The zero-order valence-electron chi connectivity index (χ0n) is 5.44. The van der Waals surface area contributed by atoms with E-state index in [9.17, 15) is 0 Å². The predicted octanol–water partition coefficient (Wildman–Crippen LogP) is 3.40. The van der Waals surface area contributed by atoms with Gasteiger partial charge in [-0.15, -0.1) is 0 Å². The zero-order valence-corrected chi connectivity index (χ0v) is 7.02. The molecule has 0 aromatic rings. The van der Waals surface area contributed by atoms with Crippen LogP contribution in [-0.2, 0) is 0 Å². The van der Waals surface area contributed by atoms with Gasteiger partial charge in [0.25, 0.3) is 0 Å². The van der Waals surface area contributed by atoms with E-state index in [2.05, 4.69) is 34.2 Å². The lowest BCUT2D eigenvalue weighted by atomic mass is 10.1. The Kier molecular flexibility index (Phi) is 3.05. The third-order valence-electron chi connectivity index (χ3n) is 1.42. The summed E-state index contributed by atoms with van der Waals surface area (Å²) in [6.45, 7) is 0. The number of allylic oxidation sites excluding steroid dienone is 4.